The molecule has 0 atom stereocenters. The van der Waals surface area contributed by atoms with E-state index in [-0.39, 0.29) is 0 Å². The van der Waals surface area contributed by atoms with Crippen molar-refractivity contribution < 1.29 is 9.84 Å². The zero-order valence-electron chi connectivity index (χ0n) is 10.4. The Kier molecular flexibility index (Phi) is 4.20. The van der Waals surface area contributed by atoms with Crippen LogP contribution >= 0.6 is 0 Å². The minimum atomic E-state index is 0.295. The van der Waals surface area contributed by atoms with Gasteiger partial charge in [0.25, 0.3) is 0 Å². The Hall–Kier alpha value is -2.00. The predicted molar refractivity (Wildman–Crippen MR) is 71.6 cm³/mol. The molecule has 0 aliphatic carbocycles. The van der Waals surface area contributed by atoms with Crippen LogP contribution in [0.15, 0.2) is 48.5 Å². The van der Waals surface area contributed by atoms with Gasteiger partial charge in [-0.25, -0.2) is 0 Å². The number of benzene rings is 2. The predicted octanol–water partition coefficient (Wildman–Crippen LogP) is 2.69. The normalized spacial score (nSPS) is 10.3. The molecule has 18 heavy (non-hydrogen) atoms. The third kappa shape index (κ3) is 3.25. The summed E-state index contributed by atoms with van der Waals surface area (Å²) in [6.07, 6.45) is 0. The van der Waals surface area contributed by atoms with Gasteiger partial charge in [0.2, 0.25) is 0 Å². The molecule has 0 radical (unpaired) electrons. The van der Waals surface area contributed by atoms with E-state index in [0.717, 1.165) is 30.0 Å². The van der Waals surface area contributed by atoms with Gasteiger partial charge in [-0.3, -0.25) is 0 Å². The van der Waals surface area contributed by atoms with Crippen LogP contribution in [0, 0.1) is 0 Å². The third-order valence-electron chi connectivity index (χ3n) is 2.77. The fourth-order valence-electron chi connectivity index (χ4n) is 1.80. The van der Waals surface area contributed by atoms with Crippen LogP contribution in [0.4, 0.5) is 0 Å². The summed E-state index contributed by atoms with van der Waals surface area (Å²) in [4.78, 5) is 0. The minimum Gasteiger partial charge on any atom is -0.508 e. The van der Waals surface area contributed by atoms with E-state index in [1.165, 1.54) is 0 Å². The van der Waals surface area contributed by atoms with Crippen molar-refractivity contribution in [1.82, 2.24) is 5.32 Å². The number of methoxy groups -OCH3 is 1. The van der Waals surface area contributed by atoms with E-state index in [2.05, 4.69) is 5.32 Å². The van der Waals surface area contributed by atoms with E-state index >= 15 is 0 Å². The molecule has 3 nitrogen and oxygen atoms in total. The molecule has 0 bridgehead atoms. The summed E-state index contributed by atoms with van der Waals surface area (Å²) in [7, 11) is 1.68. The lowest BCUT2D eigenvalue weighted by Crippen LogP contribution is -2.13. The van der Waals surface area contributed by atoms with E-state index in [0.29, 0.717) is 5.75 Å². The van der Waals surface area contributed by atoms with Crippen molar-refractivity contribution in [3.8, 4) is 11.5 Å². The molecule has 0 spiro atoms. The number of para-hydroxylation sites is 1. The lowest BCUT2D eigenvalue weighted by molar-refractivity contribution is 0.407. The van der Waals surface area contributed by atoms with Crippen LogP contribution < -0.4 is 10.1 Å². The van der Waals surface area contributed by atoms with Crippen molar-refractivity contribution >= 4 is 0 Å². The molecule has 0 aliphatic rings. The molecule has 0 amide bonds. The zero-order chi connectivity index (χ0) is 12.8. The second-order valence-corrected chi connectivity index (χ2v) is 4.08. The van der Waals surface area contributed by atoms with Crippen LogP contribution in [0.5, 0.6) is 11.5 Å². The van der Waals surface area contributed by atoms with Gasteiger partial charge in [0, 0.05) is 18.7 Å². The maximum absolute atomic E-state index is 9.19. The monoisotopic (exact) mass is 243 g/mol. The summed E-state index contributed by atoms with van der Waals surface area (Å²) in [5.74, 6) is 1.19. The van der Waals surface area contributed by atoms with Gasteiger partial charge in [0.1, 0.15) is 11.5 Å². The lowest BCUT2D eigenvalue weighted by Gasteiger charge is -2.09. The Bertz CT molecular complexity index is 494. The fraction of sp³-hybridized carbons (Fsp3) is 0.200. The third-order valence-corrected chi connectivity index (χ3v) is 2.77. The highest BCUT2D eigenvalue weighted by atomic mass is 16.5. The molecule has 0 saturated heterocycles. The van der Waals surface area contributed by atoms with Crippen LogP contribution in [-0.2, 0) is 13.1 Å². The fourth-order valence-corrected chi connectivity index (χ4v) is 1.80. The average molecular weight is 243 g/mol. The highest BCUT2D eigenvalue weighted by Gasteiger charge is 2.00. The van der Waals surface area contributed by atoms with Crippen molar-refractivity contribution in [1.29, 1.82) is 0 Å². The van der Waals surface area contributed by atoms with Gasteiger partial charge in [-0.15, -0.1) is 0 Å². The quantitative estimate of drug-likeness (QED) is 0.848. The zero-order valence-corrected chi connectivity index (χ0v) is 10.4. The second kappa shape index (κ2) is 6.07. The lowest BCUT2D eigenvalue weighted by atomic mass is 10.2. The molecule has 2 N–H and O–H groups in total. The number of rotatable bonds is 5. The standard InChI is InChI=1S/C15H17NO2/c1-18-15-5-3-2-4-13(15)11-16-10-12-6-8-14(17)9-7-12/h2-9,16-17H,10-11H2,1H3. The smallest absolute Gasteiger partial charge is 0.123 e. The first-order valence-corrected chi connectivity index (χ1v) is 5.90. The van der Waals surface area contributed by atoms with Crippen molar-refractivity contribution in [2.75, 3.05) is 7.11 Å². The summed E-state index contributed by atoms with van der Waals surface area (Å²) in [6.45, 7) is 1.52. The first-order chi connectivity index (χ1) is 8.79. The molecule has 2 aromatic rings. The van der Waals surface area contributed by atoms with Gasteiger partial charge in [-0.1, -0.05) is 30.3 Å². The van der Waals surface area contributed by atoms with E-state index in [4.69, 9.17) is 4.74 Å². The number of hydrogen-bond donors (Lipinski definition) is 2. The second-order valence-electron chi connectivity index (χ2n) is 4.08. The Morgan fingerprint density at radius 3 is 2.44 bits per heavy atom. The van der Waals surface area contributed by atoms with Crippen LogP contribution in [0.1, 0.15) is 11.1 Å². The average Bonchev–Trinajstić information content (AvgIpc) is 2.41. The molecule has 2 aromatic carbocycles. The van der Waals surface area contributed by atoms with Gasteiger partial charge in [-0.05, 0) is 23.8 Å². The van der Waals surface area contributed by atoms with Crippen LogP contribution in [0.2, 0.25) is 0 Å². The number of aromatic hydroxyl groups is 1. The highest BCUT2D eigenvalue weighted by Crippen LogP contribution is 2.17. The van der Waals surface area contributed by atoms with Crippen LogP contribution in [0.3, 0.4) is 0 Å². The molecule has 0 heterocycles. The first-order valence-electron chi connectivity index (χ1n) is 5.90. The van der Waals surface area contributed by atoms with Crippen molar-refractivity contribution in [3.63, 3.8) is 0 Å². The summed E-state index contributed by atoms with van der Waals surface area (Å²) < 4.78 is 5.29. The number of phenolic OH excluding ortho intramolecular Hbond substituents is 1. The Morgan fingerprint density at radius 2 is 1.72 bits per heavy atom. The topological polar surface area (TPSA) is 41.5 Å². The van der Waals surface area contributed by atoms with Gasteiger partial charge in [-0.2, -0.15) is 0 Å². The summed E-state index contributed by atoms with van der Waals surface area (Å²) in [5.41, 5.74) is 2.28. The number of ether oxygens (including phenoxy) is 1. The maximum atomic E-state index is 9.19. The summed E-state index contributed by atoms with van der Waals surface area (Å²) in [5, 5.41) is 12.5. The molecule has 0 aromatic heterocycles. The molecular weight excluding hydrogens is 226 g/mol. The highest BCUT2D eigenvalue weighted by molar-refractivity contribution is 5.33. The van der Waals surface area contributed by atoms with Crippen molar-refractivity contribution in [2.24, 2.45) is 0 Å². The SMILES string of the molecule is COc1ccccc1CNCc1ccc(O)cc1. The van der Waals surface area contributed by atoms with Gasteiger partial charge >= 0.3 is 0 Å². The Morgan fingerprint density at radius 1 is 1.00 bits per heavy atom. The van der Waals surface area contributed by atoms with Gasteiger partial charge < -0.3 is 15.2 Å². The van der Waals surface area contributed by atoms with E-state index in [1.807, 2.05) is 36.4 Å². The molecule has 0 saturated carbocycles. The van der Waals surface area contributed by atoms with Crippen molar-refractivity contribution in [2.45, 2.75) is 13.1 Å². The van der Waals surface area contributed by atoms with E-state index in [9.17, 15) is 5.11 Å². The maximum Gasteiger partial charge on any atom is 0.123 e. The molecule has 0 aliphatic heterocycles. The molecular formula is C15H17NO2. The number of nitrogens with one attached hydrogen (secondary N) is 1. The molecule has 2 rings (SSSR count). The molecule has 94 valence electrons. The van der Waals surface area contributed by atoms with Gasteiger partial charge in [0.05, 0.1) is 7.11 Å². The van der Waals surface area contributed by atoms with E-state index in [1.54, 1.807) is 19.2 Å². The van der Waals surface area contributed by atoms with Crippen LogP contribution in [0.25, 0.3) is 0 Å². The van der Waals surface area contributed by atoms with E-state index < -0.39 is 0 Å². The number of hydrogen-bond acceptors (Lipinski definition) is 3. The molecule has 3 heteroatoms. The van der Waals surface area contributed by atoms with Crippen LogP contribution in [-0.4, -0.2) is 12.2 Å². The Labute approximate surface area is 107 Å². The first kappa shape index (κ1) is 12.5. The molecule has 0 fully saturated rings. The number of phenols is 1. The van der Waals surface area contributed by atoms with Gasteiger partial charge in [0.15, 0.2) is 0 Å². The summed E-state index contributed by atoms with van der Waals surface area (Å²) in [6, 6.07) is 15.2. The van der Waals surface area contributed by atoms with Crippen molar-refractivity contribution in [3.05, 3.63) is 59.7 Å². The summed E-state index contributed by atoms with van der Waals surface area (Å²) >= 11 is 0. The molecule has 0 unspecified atom stereocenters. The largest absolute Gasteiger partial charge is 0.508 e. The minimum absolute atomic E-state index is 0.295. The Balaban J connectivity index is 1.90.